The van der Waals surface area contributed by atoms with Gasteiger partial charge in [0, 0.05) is 19.4 Å². The van der Waals surface area contributed by atoms with Crippen LogP contribution in [0.25, 0.3) is 0 Å². The smallest absolute Gasteiger partial charge is 0.305 e. The van der Waals surface area contributed by atoms with Crippen LogP contribution in [0.4, 0.5) is 4.39 Å². The Morgan fingerprint density at radius 1 is 1.25 bits per heavy atom. The number of benzene rings is 1. The fourth-order valence-corrected chi connectivity index (χ4v) is 3.47. The van der Waals surface area contributed by atoms with Gasteiger partial charge in [-0.05, 0) is 35.6 Å². The van der Waals surface area contributed by atoms with Crippen LogP contribution in [-0.4, -0.2) is 44.9 Å². The van der Waals surface area contributed by atoms with Crippen molar-refractivity contribution in [3.63, 3.8) is 0 Å². The Balaban J connectivity index is 2.12. The number of aliphatic carboxylic acids is 1. The van der Waals surface area contributed by atoms with E-state index in [1.165, 1.54) is 18.2 Å². The van der Waals surface area contributed by atoms with E-state index in [2.05, 4.69) is 0 Å². The van der Waals surface area contributed by atoms with Crippen molar-refractivity contribution in [2.24, 2.45) is 11.8 Å². The van der Waals surface area contributed by atoms with Crippen LogP contribution < -0.4 is 0 Å². The maximum Gasteiger partial charge on any atom is 0.305 e. The highest BCUT2D eigenvalue weighted by molar-refractivity contribution is 5.90. The van der Waals surface area contributed by atoms with Gasteiger partial charge >= 0.3 is 5.97 Å². The third-order valence-corrected chi connectivity index (χ3v) is 4.98. The maximum absolute atomic E-state index is 13.1. The molecule has 0 aliphatic carbocycles. The van der Waals surface area contributed by atoms with Gasteiger partial charge in [-0.15, -0.1) is 0 Å². The first-order valence-electron chi connectivity index (χ1n) is 9.32. The topological polar surface area (TPSA) is 94.9 Å². The molecule has 0 bridgehead atoms. The number of ketones is 1. The molecule has 6 nitrogen and oxygen atoms in total. The van der Waals surface area contributed by atoms with Crippen LogP contribution in [0.15, 0.2) is 36.4 Å². The van der Waals surface area contributed by atoms with E-state index >= 15 is 0 Å². The van der Waals surface area contributed by atoms with Gasteiger partial charge in [-0.25, -0.2) is 4.39 Å². The Morgan fingerprint density at radius 3 is 2.46 bits per heavy atom. The number of hydrogen-bond donors (Lipinski definition) is 2. The largest absolute Gasteiger partial charge is 0.481 e. The van der Waals surface area contributed by atoms with Crippen molar-refractivity contribution in [3.05, 3.63) is 47.8 Å². The highest BCUT2D eigenvalue weighted by Gasteiger charge is 2.39. The lowest BCUT2D eigenvalue weighted by atomic mass is 9.88. The number of carboxylic acids is 1. The molecule has 1 aromatic carbocycles. The van der Waals surface area contributed by atoms with E-state index in [0.717, 1.165) is 5.56 Å². The molecule has 0 saturated carbocycles. The van der Waals surface area contributed by atoms with Crippen molar-refractivity contribution in [1.29, 1.82) is 0 Å². The number of carbonyl (C=O) groups excluding carboxylic acids is 2. The van der Waals surface area contributed by atoms with Gasteiger partial charge in [0.05, 0.1) is 18.6 Å². The lowest BCUT2D eigenvalue weighted by Crippen LogP contribution is -2.34. The molecule has 1 heterocycles. The molecule has 1 amide bonds. The maximum atomic E-state index is 13.1. The number of halogens is 1. The zero-order chi connectivity index (χ0) is 20.8. The molecular weight excluding hydrogens is 365 g/mol. The van der Waals surface area contributed by atoms with Gasteiger partial charge in [-0.1, -0.05) is 32.1 Å². The van der Waals surface area contributed by atoms with Crippen molar-refractivity contribution in [1.82, 2.24) is 4.90 Å². The van der Waals surface area contributed by atoms with Crippen LogP contribution in [0.1, 0.15) is 38.7 Å². The summed E-state index contributed by atoms with van der Waals surface area (Å²) in [6.07, 6.45) is 1.33. The van der Waals surface area contributed by atoms with Gasteiger partial charge in [0.2, 0.25) is 5.91 Å². The molecule has 152 valence electrons. The summed E-state index contributed by atoms with van der Waals surface area (Å²) in [4.78, 5) is 36.9. The molecule has 1 fully saturated rings. The summed E-state index contributed by atoms with van der Waals surface area (Å²) < 4.78 is 13.1. The van der Waals surface area contributed by atoms with Crippen molar-refractivity contribution >= 4 is 17.7 Å². The van der Waals surface area contributed by atoms with E-state index in [4.69, 9.17) is 5.11 Å². The first-order chi connectivity index (χ1) is 13.2. The van der Waals surface area contributed by atoms with E-state index in [1.807, 2.05) is 13.8 Å². The lowest BCUT2D eigenvalue weighted by molar-refractivity contribution is -0.139. The van der Waals surface area contributed by atoms with Crippen molar-refractivity contribution in [2.45, 2.75) is 51.8 Å². The summed E-state index contributed by atoms with van der Waals surface area (Å²) in [6, 6.07) is 5.64. The van der Waals surface area contributed by atoms with Crippen LogP contribution in [0.2, 0.25) is 0 Å². The number of aliphatic hydroxyl groups is 1. The highest BCUT2D eigenvalue weighted by atomic mass is 19.1. The monoisotopic (exact) mass is 391 g/mol. The number of likely N-dealkylation sites (tertiary alicyclic amines) is 1. The predicted molar refractivity (Wildman–Crippen MR) is 101 cm³/mol. The molecule has 3 atom stereocenters. The Morgan fingerprint density at radius 2 is 1.89 bits per heavy atom. The normalized spacial score (nSPS) is 20.9. The molecule has 2 N–H and O–H groups in total. The fourth-order valence-electron chi connectivity index (χ4n) is 3.47. The van der Waals surface area contributed by atoms with Crippen LogP contribution in [0, 0.1) is 17.7 Å². The number of aliphatic hydroxyl groups excluding tert-OH is 1. The lowest BCUT2D eigenvalue weighted by Gasteiger charge is -2.27. The molecule has 7 heteroatoms. The summed E-state index contributed by atoms with van der Waals surface area (Å²) in [5.74, 6) is -1.70. The van der Waals surface area contributed by atoms with E-state index in [0.29, 0.717) is 13.0 Å². The Hall–Kier alpha value is -2.54. The summed E-state index contributed by atoms with van der Waals surface area (Å²) in [6.45, 7) is 4.34. The standard InChI is InChI=1S/C21H26FNO5/c1-13(2)18-11-20(26)23(12-14-3-5-15(22)6-4-14)19(18)8-7-16(24)9-17(25)10-21(27)28/h3-8,13,17-19,25H,9-12H2,1-2H3,(H,27,28)/t17-,18-,19-/m1/s1. The zero-order valence-electron chi connectivity index (χ0n) is 16.0. The Bertz CT molecular complexity index is 744. The number of allylic oxidation sites excluding steroid dienone is 1. The van der Waals surface area contributed by atoms with Crippen molar-refractivity contribution < 1.29 is 29.0 Å². The number of rotatable bonds is 9. The van der Waals surface area contributed by atoms with E-state index in [9.17, 15) is 23.9 Å². The van der Waals surface area contributed by atoms with Gasteiger partial charge < -0.3 is 15.1 Å². The number of nitrogens with zero attached hydrogens (tertiary/aromatic N) is 1. The average molecular weight is 391 g/mol. The van der Waals surface area contributed by atoms with Crippen LogP contribution in [-0.2, 0) is 20.9 Å². The van der Waals surface area contributed by atoms with Crippen LogP contribution >= 0.6 is 0 Å². The number of carboxylic acid groups (broad SMARTS) is 1. The van der Waals surface area contributed by atoms with Crippen molar-refractivity contribution in [3.8, 4) is 0 Å². The SMILES string of the molecule is CC(C)[C@H]1CC(=O)N(Cc2ccc(F)cc2)[C@@H]1C=CC(=O)C[C@@H](O)CC(=O)O. The molecule has 0 radical (unpaired) electrons. The Kier molecular flexibility index (Phi) is 7.45. The Labute approximate surface area is 163 Å². The van der Waals surface area contributed by atoms with E-state index in [-0.39, 0.29) is 36.0 Å². The molecule has 0 spiro atoms. The van der Waals surface area contributed by atoms with Gasteiger partial charge in [-0.2, -0.15) is 0 Å². The second-order valence-electron chi connectivity index (χ2n) is 7.53. The quantitative estimate of drug-likeness (QED) is 0.631. The fraction of sp³-hybridized carbons (Fsp3) is 0.476. The molecule has 0 aromatic heterocycles. The highest BCUT2D eigenvalue weighted by Crippen LogP contribution is 2.33. The molecule has 1 aliphatic heterocycles. The molecular formula is C21H26FNO5. The molecule has 1 saturated heterocycles. The third-order valence-electron chi connectivity index (χ3n) is 4.98. The average Bonchev–Trinajstić information content (AvgIpc) is 2.90. The van der Waals surface area contributed by atoms with Gasteiger partial charge in [-0.3, -0.25) is 14.4 Å². The van der Waals surface area contributed by atoms with E-state index < -0.39 is 24.3 Å². The minimum Gasteiger partial charge on any atom is -0.481 e. The number of amides is 1. The van der Waals surface area contributed by atoms with Crippen LogP contribution in [0.5, 0.6) is 0 Å². The summed E-state index contributed by atoms with van der Waals surface area (Å²) in [7, 11) is 0. The molecule has 1 aliphatic rings. The second-order valence-corrected chi connectivity index (χ2v) is 7.53. The number of hydrogen-bond acceptors (Lipinski definition) is 4. The van der Waals surface area contributed by atoms with Gasteiger partial charge in [0.25, 0.3) is 0 Å². The minimum absolute atomic E-state index is 0.0286. The van der Waals surface area contributed by atoms with E-state index in [1.54, 1.807) is 23.1 Å². The molecule has 0 unspecified atom stereocenters. The van der Waals surface area contributed by atoms with Gasteiger partial charge in [0.15, 0.2) is 5.78 Å². The first-order valence-corrected chi connectivity index (χ1v) is 9.32. The summed E-state index contributed by atoms with van der Waals surface area (Å²) in [5.41, 5.74) is 0.792. The second kappa shape index (κ2) is 9.59. The third kappa shape index (κ3) is 5.99. The minimum atomic E-state index is -1.24. The zero-order valence-corrected chi connectivity index (χ0v) is 16.0. The number of carbonyl (C=O) groups is 3. The summed E-state index contributed by atoms with van der Waals surface area (Å²) in [5, 5.41) is 18.3. The summed E-state index contributed by atoms with van der Waals surface area (Å²) >= 11 is 0. The first kappa shape index (κ1) is 21.8. The predicted octanol–water partition coefficient (Wildman–Crippen LogP) is 2.55. The molecule has 2 rings (SSSR count). The van der Waals surface area contributed by atoms with Gasteiger partial charge in [0.1, 0.15) is 5.82 Å². The van der Waals surface area contributed by atoms with Crippen molar-refractivity contribution in [2.75, 3.05) is 0 Å². The molecule has 28 heavy (non-hydrogen) atoms. The molecule has 1 aromatic rings. The van der Waals surface area contributed by atoms with Crippen LogP contribution in [0.3, 0.4) is 0 Å².